The number of ketones is 1. The van der Waals surface area contributed by atoms with Crippen LogP contribution in [0.1, 0.15) is 27.6 Å². The summed E-state index contributed by atoms with van der Waals surface area (Å²) >= 11 is 0. The Morgan fingerprint density at radius 2 is 1.67 bits per heavy atom. The molecule has 2 aromatic carbocycles. The fourth-order valence-electron chi connectivity index (χ4n) is 2.30. The van der Waals surface area contributed by atoms with Gasteiger partial charge in [0.15, 0.2) is 5.78 Å². The molecule has 0 saturated carbocycles. The smallest absolute Gasteiger partial charge is 0.261 e. The van der Waals surface area contributed by atoms with Crippen molar-refractivity contribution in [2.75, 3.05) is 31.9 Å². The first-order valence-electron chi connectivity index (χ1n) is 8.36. The van der Waals surface area contributed by atoms with E-state index in [1.807, 2.05) is 19.0 Å². The molecule has 8 heteroatoms. The zero-order chi connectivity index (χ0) is 20.0. The van der Waals surface area contributed by atoms with Crippen molar-refractivity contribution in [1.82, 2.24) is 10.2 Å². The maximum atomic E-state index is 12.5. The van der Waals surface area contributed by atoms with Crippen LogP contribution in [0.3, 0.4) is 0 Å². The van der Waals surface area contributed by atoms with Crippen molar-refractivity contribution in [2.24, 2.45) is 0 Å². The number of benzene rings is 2. The molecule has 0 saturated heterocycles. The van der Waals surface area contributed by atoms with Gasteiger partial charge in [0.2, 0.25) is 0 Å². The number of rotatable bonds is 8. The Kier molecular flexibility index (Phi) is 6.70. The largest absolute Gasteiger partial charge is 0.351 e. The molecule has 0 atom stereocenters. The molecule has 0 unspecified atom stereocenters. The van der Waals surface area contributed by atoms with Crippen molar-refractivity contribution in [1.29, 1.82) is 0 Å². The quantitative estimate of drug-likeness (QED) is 0.673. The molecule has 2 rings (SSSR count). The van der Waals surface area contributed by atoms with Gasteiger partial charge in [0.05, 0.1) is 4.90 Å². The second kappa shape index (κ2) is 8.79. The van der Waals surface area contributed by atoms with Crippen LogP contribution < -0.4 is 10.0 Å². The Balaban J connectivity index is 2.09. The molecule has 1 amide bonds. The van der Waals surface area contributed by atoms with Gasteiger partial charge in [0.1, 0.15) is 0 Å². The molecular weight excluding hydrogens is 366 g/mol. The summed E-state index contributed by atoms with van der Waals surface area (Å²) in [6.07, 6.45) is 0. The number of nitrogens with one attached hydrogen (secondary N) is 2. The molecule has 2 N–H and O–H groups in total. The van der Waals surface area contributed by atoms with Gasteiger partial charge in [-0.25, -0.2) is 8.42 Å². The number of likely N-dealkylation sites (N-methyl/N-ethyl adjacent to an activating group) is 1. The van der Waals surface area contributed by atoms with E-state index in [0.29, 0.717) is 29.9 Å². The van der Waals surface area contributed by atoms with Gasteiger partial charge >= 0.3 is 0 Å². The first kappa shape index (κ1) is 20.6. The van der Waals surface area contributed by atoms with E-state index in [1.165, 1.54) is 37.3 Å². The highest BCUT2D eigenvalue weighted by molar-refractivity contribution is 7.92. The fourth-order valence-corrected chi connectivity index (χ4v) is 3.35. The minimum Gasteiger partial charge on any atom is -0.351 e. The molecule has 0 spiro atoms. The van der Waals surface area contributed by atoms with Crippen LogP contribution in [0.15, 0.2) is 53.4 Å². The summed E-state index contributed by atoms with van der Waals surface area (Å²) in [5.41, 5.74) is 1.10. The lowest BCUT2D eigenvalue weighted by molar-refractivity contribution is 0.0950. The monoisotopic (exact) mass is 389 g/mol. The number of Topliss-reactive ketones (excluding diaryl/α,β-unsaturated/α-hetero) is 1. The SMILES string of the molecule is CC(=O)c1cccc(NS(=O)(=O)c2ccc(C(=O)NCCN(C)C)cc2)c1. The van der Waals surface area contributed by atoms with Gasteiger partial charge < -0.3 is 10.2 Å². The third-order valence-electron chi connectivity index (χ3n) is 3.79. The molecule has 2 aromatic rings. The van der Waals surface area contributed by atoms with E-state index in [0.717, 1.165) is 0 Å². The molecule has 0 aliphatic rings. The molecular formula is C19H23N3O4S. The molecule has 7 nitrogen and oxygen atoms in total. The van der Waals surface area contributed by atoms with Crippen LogP contribution in [-0.4, -0.2) is 52.2 Å². The third-order valence-corrected chi connectivity index (χ3v) is 5.19. The highest BCUT2D eigenvalue weighted by atomic mass is 32.2. The van der Waals surface area contributed by atoms with Crippen molar-refractivity contribution in [3.63, 3.8) is 0 Å². The van der Waals surface area contributed by atoms with E-state index in [-0.39, 0.29) is 16.6 Å². The minimum absolute atomic E-state index is 0.0283. The number of nitrogens with zero attached hydrogens (tertiary/aromatic N) is 1. The zero-order valence-electron chi connectivity index (χ0n) is 15.5. The third kappa shape index (κ3) is 5.90. The van der Waals surface area contributed by atoms with Gasteiger partial charge in [-0.3, -0.25) is 14.3 Å². The predicted octanol–water partition coefficient (Wildman–Crippen LogP) is 1.98. The van der Waals surface area contributed by atoms with Gasteiger partial charge in [-0.1, -0.05) is 12.1 Å². The number of anilines is 1. The van der Waals surface area contributed by atoms with E-state index < -0.39 is 10.0 Å². The molecule has 0 aliphatic heterocycles. The molecule has 0 heterocycles. The summed E-state index contributed by atoms with van der Waals surface area (Å²) in [4.78, 5) is 25.5. The molecule has 0 aliphatic carbocycles. The summed E-state index contributed by atoms with van der Waals surface area (Å²) in [6, 6.07) is 11.9. The highest BCUT2D eigenvalue weighted by Crippen LogP contribution is 2.18. The Labute approximate surface area is 159 Å². The summed E-state index contributed by atoms with van der Waals surface area (Å²) in [6.45, 7) is 2.62. The predicted molar refractivity (Wildman–Crippen MR) is 105 cm³/mol. The lowest BCUT2D eigenvalue weighted by Crippen LogP contribution is -2.31. The van der Waals surface area contributed by atoms with Crippen molar-refractivity contribution in [2.45, 2.75) is 11.8 Å². The lowest BCUT2D eigenvalue weighted by Gasteiger charge is -2.11. The fraction of sp³-hybridized carbons (Fsp3) is 0.263. The van der Waals surface area contributed by atoms with E-state index in [9.17, 15) is 18.0 Å². The molecule has 0 aromatic heterocycles. The average molecular weight is 389 g/mol. The average Bonchev–Trinajstić information content (AvgIpc) is 2.61. The van der Waals surface area contributed by atoms with Crippen molar-refractivity contribution in [3.8, 4) is 0 Å². The van der Waals surface area contributed by atoms with Gasteiger partial charge in [0, 0.05) is 29.9 Å². The Morgan fingerprint density at radius 3 is 2.26 bits per heavy atom. The number of carbonyl (C=O) groups is 2. The van der Waals surface area contributed by atoms with Gasteiger partial charge in [-0.05, 0) is 57.4 Å². The van der Waals surface area contributed by atoms with E-state index >= 15 is 0 Å². The second-order valence-electron chi connectivity index (χ2n) is 6.33. The van der Waals surface area contributed by atoms with E-state index in [2.05, 4.69) is 10.0 Å². The molecule has 0 bridgehead atoms. The van der Waals surface area contributed by atoms with Crippen LogP contribution in [0.4, 0.5) is 5.69 Å². The number of hydrogen-bond donors (Lipinski definition) is 2. The van der Waals surface area contributed by atoms with Crippen molar-refractivity contribution in [3.05, 3.63) is 59.7 Å². The summed E-state index contributed by atoms with van der Waals surface area (Å²) in [5, 5.41) is 2.77. The van der Waals surface area contributed by atoms with E-state index in [1.54, 1.807) is 18.2 Å². The highest BCUT2D eigenvalue weighted by Gasteiger charge is 2.16. The molecule has 27 heavy (non-hydrogen) atoms. The topological polar surface area (TPSA) is 95.6 Å². The zero-order valence-corrected chi connectivity index (χ0v) is 16.3. The summed E-state index contributed by atoms with van der Waals surface area (Å²) in [5.74, 6) is -0.413. The van der Waals surface area contributed by atoms with Gasteiger partial charge in [0.25, 0.3) is 15.9 Å². The Bertz CT molecular complexity index is 922. The van der Waals surface area contributed by atoms with Crippen LogP contribution in [0, 0.1) is 0 Å². The van der Waals surface area contributed by atoms with Crippen LogP contribution >= 0.6 is 0 Å². The van der Waals surface area contributed by atoms with Crippen molar-refractivity contribution < 1.29 is 18.0 Å². The normalized spacial score (nSPS) is 11.3. The first-order chi connectivity index (χ1) is 12.7. The van der Waals surface area contributed by atoms with Crippen LogP contribution in [0.5, 0.6) is 0 Å². The molecule has 144 valence electrons. The van der Waals surface area contributed by atoms with Crippen molar-refractivity contribution >= 4 is 27.4 Å². The molecule has 0 fully saturated rings. The van der Waals surface area contributed by atoms with Crippen LogP contribution in [0.2, 0.25) is 0 Å². The van der Waals surface area contributed by atoms with Gasteiger partial charge in [-0.15, -0.1) is 0 Å². The number of hydrogen-bond acceptors (Lipinski definition) is 5. The number of amides is 1. The van der Waals surface area contributed by atoms with Crippen LogP contribution in [0.25, 0.3) is 0 Å². The summed E-state index contributed by atoms with van der Waals surface area (Å²) < 4.78 is 27.5. The second-order valence-corrected chi connectivity index (χ2v) is 8.01. The maximum absolute atomic E-state index is 12.5. The number of carbonyl (C=O) groups excluding carboxylic acids is 2. The van der Waals surface area contributed by atoms with E-state index in [4.69, 9.17) is 0 Å². The summed E-state index contributed by atoms with van der Waals surface area (Å²) in [7, 11) is -0.0108. The number of sulfonamides is 1. The Hall–Kier alpha value is -2.71. The molecule has 0 radical (unpaired) electrons. The first-order valence-corrected chi connectivity index (χ1v) is 9.84. The lowest BCUT2D eigenvalue weighted by atomic mass is 10.1. The maximum Gasteiger partial charge on any atom is 0.261 e. The minimum atomic E-state index is -3.83. The van der Waals surface area contributed by atoms with Crippen LogP contribution in [-0.2, 0) is 10.0 Å². The van der Waals surface area contributed by atoms with Gasteiger partial charge in [-0.2, -0.15) is 0 Å². The Morgan fingerprint density at radius 1 is 1.00 bits per heavy atom. The standard InChI is InChI=1S/C19H23N3O4S/c1-14(23)16-5-4-6-17(13-16)21-27(25,26)18-9-7-15(8-10-18)19(24)20-11-12-22(2)3/h4-10,13,21H,11-12H2,1-3H3,(H,20,24).